The topological polar surface area (TPSA) is 47.8 Å². The molecule has 0 amide bonds. The molecule has 0 fully saturated rings. The van der Waals surface area contributed by atoms with Crippen LogP contribution in [0.1, 0.15) is 49.5 Å². The molecule has 0 aliphatic carbocycles. The lowest BCUT2D eigenvalue weighted by Crippen LogP contribution is -2.10. The minimum Gasteiger partial charge on any atom is -0.305 e. The Morgan fingerprint density at radius 1 is 1.00 bits per heavy atom. The van der Waals surface area contributed by atoms with Gasteiger partial charge in [0.15, 0.2) is 16.8 Å². The quantitative estimate of drug-likeness (QED) is 0.301. The summed E-state index contributed by atoms with van der Waals surface area (Å²) in [6.45, 7) is 6.63. The zero-order chi connectivity index (χ0) is 20.1. The monoisotopic (exact) mass is 393 g/mol. The van der Waals surface area contributed by atoms with Crippen LogP contribution in [0, 0.1) is 0 Å². The van der Waals surface area contributed by atoms with Crippen molar-refractivity contribution in [1.82, 2.24) is 14.8 Å². The Hall–Kier alpha value is -2.40. The molecule has 0 N–H and O–H groups in total. The van der Waals surface area contributed by atoms with Crippen LogP contribution in [0.4, 0.5) is 0 Å². The zero-order valence-electron chi connectivity index (χ0n) is 17.0. The average Bonchev–Trinajstić information content (AvgIpc) is 3.05. The second-order valence-electron chi connectivity index (χ2n) is 7.93. The second kappa shape index (κ2) is 8.74. The molecule has 1 aromatic heterocycles. The number of rotatable bonds is 7. The minimum atomic E-state index is 0.136. The first-order valence-corrected chi connectivity index (χ1v) is 10.6. The fourth-order valence-corrected chi connectivity index (χ4v) is 3.83. The van der Waals surface area contributed by atoms with Crippen molar-refractivity contribution in [1.29, 1.82) is 0 Å². The van der Waals surface area contributed by atoms with Crippen molar-refractivity contribution in [3.63, 3.8) is 0 Å². The summed E-state index contributed by atoms with van der Waals surface area (Å²) in [7, 11) is 1.99. The predicted octanol–water partition coefficient (Wildman–Crippen LogP) is 5.53. The molecule has 0 saturated heterocycles. The van der Waals surface area contributed by atoms with E-state index in [1.807, 2.05) is 41.9 Å². The summed E-state index contributed by atoms with van der Waals surface area (Å²) in [5.41, 5.74) is 3.29. The van der Waals surface area contributed by atoms with Crippen molar-refractivity contribution in [2.75, 3.05) is 5.75 Å². The largest absolute Gasteiger partial charge is 0.305 e. The summed E-state index contributed by atoms with van der Waals surface area (Å²) >= 11 is 1.64. The molecule has 0 aliphatic heterocycles. The number of Topliss-reactive ketones (excluding diaryl/α,β-unsaturated/α-hetero) is 1. The number of hydrogen-bond acceptors (Lipinski definition) is 4. The van der Waals surface area contributed by atoms with Crippen LogP contribution in [0.25, 0.3) is 11.4 Å². The third-order valence-electron chi connectivity index (χ3n) is 4.72. The first kappa shape index (κ1) is 20.3. The van der Waals surface area contributed by atoms with Crippen LogP contribution < -0.4 is 0 Å². The van der Waals surface area contributed by atoms with Gasteiger partial charge in [0.2, 0.25) is 0 Å². The van der Waals surface area contributed by atoms with Crippen molar-refractivity contribution < 1.29 is 4.79 Å². The second-order valence-corrected chi connectivity index (χ2v) is 9.00. The van der Waals surface area contributed by atoms with Crippen molar-refractivity contribution in [3.05, 3.63) is 65.7 Å². The van der Waals surface area contributed by atoms with Crippen LogP contribution in [0.3, 0.4) is 0 Å². The van der Waals surface area contributed by atoms with Gasteiger partial charge in [0, 0.05) is 30.3 Å². The van der Waals surface area contributed by atoms with Crippen molar-refractivity contribution in [3.8, 4) is 11.4 Å². The highest BCUT2D eigenvalue weighted by Crippen LogP contribution is 2.27. The molecule has 2 aromatic carbocycles. The maximum absolute atomic E-state index is 12.2. The van der Waals surface area contributed by atoms with Gasteiger partial charge >= 0.3 is 0 Å². The number of carbonyl (C=O) groups excluding carboxylic acids is 1. The number of carbonyl (C=O) groups is 1. The summed E-state index contributed by atoms with van der Waals surface area (Å²) in [5.74, 6) is 1.90. The van der Waals surface area contributed by atoms with Gasteiger partial charge in [0.05, 0.1) is 0 Å². The molecule has 5 heteroatoms. The normalized spacial score (nSPS) is 11.6. The van der Waals surface area contributed by atoms with Crippen LogP contribution in [0.5, 0.6) is 0 Å². The third-order valence-corrected chi connectivity index (χ3v) is 5.83. The Labute approximate surface area is 171 Å². The molecule has 0 spiro atoms. The molecule has 0 atom stereocenters. The molecule has 1 heterocycles. The summed E-state index contributed by atoms with van der Waals surface area (Å²) < 4.78 is 2.02. The van der Waals surface area contributed by atoms with E-state index in [9.17, 15) is 4.79 Å². The van der Waals surface area contributed by atoms with Crippen molar-refractivity contribution >= 4 is 17.5 Å². The molecule has 3 rings (SSSR count). The molecule has 0 aliphatic rings. The lowest BCUT2D eigenvalue weighted by Gasteiger charge is -2.19. The minimum absolute atomic E-state index is 0.136. The Balaban J connectivity index is 1.57. The Bertz CT molecular complexity index is 925. The first-order valence-electron chi connectivity index (χ1n) is 9.57. The molecule has 3 aromatic rings. The van der Waals surface area contributed by atoms with Crippen molar-refractivity contribution in [2.45, 2.75) is 44.2 Å². The number of ketones is 1. The highest BCUT2D eigenvalue weighted by Gasteiger charge is 2.15. The van der Waals surface area contributed by atoms with E-state index in [0.717, 1.165) is 34.3 Å². The SMILES string of the molecule is Cn1c(SCCCC(=O)c2ccccc2)nnc1-c1ccc(C(C)(C)C)cc1. The number of nitrogens with zero attached hydrogens (tertiary/aromatic N) is 3. The van der Waals surface area contributed by atoms with Gasteiger partial charge in [-0.05, 0) is 17.4 Å². The van der Waals surface area contributed by atoms with E-state index in [1.165, 1.54) is 5.56 Å². The molecular weight excluding hydrogens is 366 g/mol. The van der Waals surface area contributed by atoms with Gasteiger partial charge < -0.3 is 4.57 Å². The Kier molecular flexibility index (Phi) is 6.35. The highest BCUT2D eigenvalue weighted by atomic mass is 32.2. The van der Waals surface area contributed by atoms with Crippen LogP contribution in [-0.2, 0) is 12.5 Å². The molecular formula is C23H27N3OS. The molecule has 0 radical (unpaired) electrons. The number of thioether (sulfide) groups is 1. The zero-order valence-corrected chi connectivity index (χ0v) is 17.8. The molecule has 28 heavy (non-hydrogen) atoms. The van der Waals surface area contributed by atoms with Crippen LogP contribution >= 0.6 is 11.8 Å². The summed E-state index contributed by atoms with van der Waals surface area (Å²) in [4.78, 5) is 12.2. The van der Waals surface area contributed by atoms with Gasteiger partial charge in [-0.2, -0.15) is 0 Å². The van der Waals surface area contributed by atoms with Crippen molar-refractivity contribution in [2.24, 2.45) is 7.05 Å². The molecule has 0 unspecified atom stereocenters. The lowest BCUT2D eigenvalue weighted by atomic mass is 9.87. The van der Waals surface area contributed by atoms with E-state index in [-0.39, 0.29) is 11.2 Å². The molecule has 146 valence electrons. The van der Waals surface area contributed by atoms with E-state index in [0.29, 0.717) is 6.42 Å². The van der Waals surface area contributed by atoms with E-state index < -0.39 is 0 Å². The smallest absolute Gasteiger partial charge is 0.191 e. The average molecular weight is 394 g/mol. The lowest BCUT2D eigenvalue weighted by molar-refractivity contribution is 0.0982. The first-order chi connectivity index (χ1) is 13.4. The molecule has 4 nitrogen and oxygen atoms in total. The number of aromatic nitrogens is 3. The van der Waals surface area contributed by atoms with Gasteiger partial charge in [-0.15, -0.1) is 10.2 Å². The number of hydrogen-bond donors (Lipinski definition) is 0. The molecule has 0 bridgehead atoms. The van der Waals surface area contributed by atoms with Gasteiger partial charge in [-0.3, -0.25) is 4.79 Å². The van der Waals surface area contributed by atoms with Crippen LogP contribution in [0.15, 0.2) is 59.8 Å². The van der Waals surface area contributed by atoms with Crippen LogP contribution in [-0.4, -0.2) is 26.3 Å². The maximum Gasteiger partial charge on any atom is 0.191 e. The Morgan fingerprint density at radius 2 is 1.68 bits per heavy atom. The highest BCUT2D eigenvalue weighted by molar-refractivity contribution is 7.99. The summed E-state index contributed by atoms with van der Waals surface area (Å²) in [6.07, 6.45) is 1.37. The fraction of sp³-hybridized carbons (Fsp3) is 0.348. The van der Waals surface area contributed by atoms with Gasteiger partial charge in [-0.1, -0.05) is 87.1 Å². The van der Waals surface area contributed by atoms with Gasteiger partial charge in [-0.25, -0.2) is 0 Å². The summed E-state index contributed by atoms with van der Waals surface area (Å²) in [6, 6.07) is 18.0. The van der Waals surface area contributed by atoms with Crippen LogP contribution in [0.2, 0.25) is 0 Å². The Morgan fingerprint density at radius 3 is 2.32 bits per heavy atom. The predicted molar refractivity (Wildman–Crippen MR) is 116 cm³/mol. The third kappa shape index (κ3) is 4.90. The number of benzene rings is 2. The maximum atomic E-state index is 12.2. The summed E-state index contributed by atoms with van der Waals surface area (Å²) in [5, 5.41) is 9.57. The van der Waals surface area contributed by atoms with E-state index in [1.54, 1.807) is 11.8 Å². The van der Waals surface area contributed by atoms with E-state index >= 15 is 0 Å². The van der Waals surface area contributed by atoms with Gasteiger partial charge in [0.25, 0.3) is 0 Å². The molecule has 0 saturated carbocycles. The fourth-order valence-electron chi connectivity index (χ4n) is 2.98. The van der Waals surface area contributed by atoms with E-state index in [2.05, 4.69) is 55.2 Å². The van der Waals surface area contributed by atoms with Gasteiger partial charge in [0.1, 0.15) is 0 Å². The standard InChI is InChI=1S/C23H27N3OS/c1-23(2,3)19-14-12-18(13-15-19)21-24-25-22(26(21)4)28-16-8-11-20(27)17-9-6-5-7-10-17/h5-7,9-10,12-15H,8,11,16H2,1-4H3. The van der Waals surface area contributed by atoms with E-state index in [4.69, 9.17) is 0 Å².